The molecule has 0 radical (unpaired) electrons. The van der Waals surface area contributed by atoms with Crippen molar-refractivity contribution in [1.29, 1.82) is 0 Å². The second-order valence-corrected chi connectivity index (χ2v) is 8.15. The van der Waals surface area contributed by atoms with E-state index in [2.05, 4.69) is 10.0 Å². The summed E-state index contributed by atoms with van der Waals surface area (Å²) in [5, 5.41) is 3.21. The van der Waals surface area contributed by atoms with Gasteiger partial charge in [-0.2, -0.15) is 0 Å². The first-order valence-corrected chi connectivity index (χ1v) is 9.87. The molecule has 0 saturated carbocycles. The van der Waals surface area contributed by atoms with Crippen LogP contribution in [0.2, 0.25) is 0 Å². The number of nitrogens with zero attached hydrogens (tertiary/aromatic N) is 1. The molecular formula is C17H27N3O4S. The van der Waals surface area contributed by atoms with Crippen molar-refractivity contribution in [2.45, 2.75) is 30.3 Å². The smallest absolute Gasteiger partial charge is 0.254 e. The van der Waals surface area contributed by atoms with Gasteiger partial charge in [-0.15, -0.1) is 0 Å². The summed E-state index contributed by atoms with van der Waals surface area (Å²) in [6.07, 6.45) is 1.23. The van der Waals surface area contributed by atoms with Gasteiger partial charge < -0.3 is 15.0 Å². The van der Waals surface area contributed by atoms with E-state index in [1.807, 2.05) is 6.92 Å². The Kier molecular flexibility index (Phi) is 6.56. The quantitative estimate of drug-likeness (QED) is 0.731. The minimum absolute atomic E-state index is 0.106. The van der Waals surface area contributed by atoms with Crippen molar-refractivity contribution < 1.29 is 17.9 Å². The second-order valence-electron chi connectivity index (χ2n) is 6.39. The van der Waals surface area contributed by atoms with Crippen molar-refractivity contribution in [3.63, 3.8) is 0 Å². The van der Waals surface area contributed by atoms with Gasteiger partial charge in [0.15, 0.2) is 0 Å². The Bertz CT molecular complexity index is 682. The van der Waals surface area contributed by atoms with Crippen LogP contribution in [0.15, 0.2) is 29.2 Å². The van der Waals surface area contributed by atoms with Gasteiger partial charge in [-0.1, -0.05) is 17.7 Å². The molecule has 2 N–H and O–H groups in total. The zero-order valence-electron chi connectivity index (χ0n) is 15.0. The second kappa shape index (κ2) is 8.27. The van der Waals surface area contributed by atoms with Crippen molar-refractivity contribution in [3.05, 3.63) is 29.8 Å². The molecule has 1 aromatic carbocycles. The molecular weight excluding hydrogens is 342 g/mol. The molecule has 8 heteroatoms. The molecule has 1 aliphatic rings. The maximum absolute atomic E-state index is 12.7. The fourth-order valence-electron chi connectivity index (χ4n) is 2.93. The molecule has 1 heterocycles. The number of hydrogen-bond acceptors (Lipinski definition) is 5. The summed E-state index contributed by atoms with van der Waals surface area (Å²) in [6.45, 7) is 3.79. The van der Waals surface area contributed by atoms with Crippen LogP contribution in [0, 0.1) is 6.92 Å². The number of methoxy groups -OCH3 is 1. The number of hydrogen-bond donors (Lipinski definition) is 2. The number of benzene rings is 1. The standard InChI is InChI=1S/C17H27N3O4S/c1-14-4-6-15(7-5-14)25(22,23)19-12-13-20(2)16(21)17(24-3)8-10-18-11-9-17/h4-7,18-19H,8-13H2,1-3H3. The Labute approximate surface area is 149 Å². The third-order valence-corrected chi connectivity index (χ3v) is 6.09. The monoisotopic (exact) mass is 369 g/mol. The number of ether oxygens (including phenoxy) is 1. The minimum Gasteiger partial charge on any atom is -0.368 e. The summed E-state index contributed by atoms with van der Waals surface area (Å²) in [5.74, 6) is -0.106. The average molecular weight is 369 g/mol. The van der Waals surface area contributed by atoms with Gasteiger partial charge in [0, 0.05) is 27.2 Å². The van der Waals surface area contributed by atoms with E-state index < -0.39 is 15.6 Å². The van der Waals surface area contributed by atoms with Crippen LogP contribution < -0.4 is 10.0 Å². The molecule has 1 fully saturated rings. The topological polar surface area (TPSA) is 87.7 Å². The molecule has 0 aromatic heterocycles. The zero-order chi connectivity index (χ0) is 18.5. The highest BCUT2D eigenvalue weighted by atomic mass is 32.2. The van der Waals surface area contributed by atoms with E-state index in [9.17, 15) is 13.2 Å². The van der Waals surface area contributed by atoms with Crippen LogP contribution in [-0.2, 0) is 19.6 Å². The predicted molar refractivity (Wildman–Crippen MR) is 95.8 cm³/mol. The van der Waals surface area contributed by atoms with Gasteiger partial charge in [-0.25, -0.2) is 13.1 Å². The average Bonchev–Trinajstić information content (AvgIpc) is 2.61. The zero-order valence-corrected chi connectivity index (χ0v) is 15.9. The first kappa shape index (κ1) is 19.8. The van der Waals surface area contributed by atoms with Crippen molar-refractivity contribution in [2.24, 2.45) is 0 Å². The third-order valence-electron chi connectivity index (χ3n) is 4.61. The molecule has 1 aromatic rings. The van der Waals surface area contributed by atoms with Gasteiger partial charge in [-0.3, -0.25) is 4.79 Å². The summed E-state index contributed by atoms with van der Waals surface area (Å²) in [4.78, 5) is 14.5. The molecule has 0 bridgehead atoms. The van der Waals surface area contributed by atoms with Gasteiger partial charge >= 0.3 is 0 Å². The normalized spacial score (nSPS) is 17.2. The fraction of sp³-hybridized carbons (Fsp3) is 0.588. The molecule has 0 spiro atoms. The van der Waals surface area contributed by atoms with E-state index >= 15 is 0 Å². The lowest BCUT2D eigenvalue weighted by Gasteiger charge is -2.37. The number of sulfonamides is 1. The highest BCUT2D eigenvalue weighted by Gasteiger charge is 2.41. The van der Waals surface area contributed by atoms with E-state index in [0.29, 0.717) is 12.8 Å². The van der Waals surface area contributed by atoms with Crippen molar-refractivity contribution >= 4 is 15.9 Å². The van der Waals surface area contributed by atoms with Crippen molar-refractivity contribution in [2.75, 3.05) is 40.3 Å². The molecule has 0 unspecified atom stereocenters. The SMILES string of the molecule is COC1(C(=O)N(C)CCNS(=O)(=O)c2ccc(C)cc2)CCNCC1. The fourth-order valence-corrected chi connectivity index (χ4v) is 3.95. The molecule has 1 amide bonds. The number of carbonyl (C=O) groups excluding carboxylic acids is 1. The number of piperidine rings is 1. The molecule has 0 atom stereocenters. The largest absolute Gasteiger partial charge is 0.368 e. The van der Waals surface area contributed by atoms with Crippen LogP contribution in [0.25, 0.3) is 0 Å². The first-order valence-electron chi connectivity index (χ1n) is 8.38. The number of likely N-dealkylation sites (N-methyl/N-ethyl adjacent to an activating group) is 1. The lowest BCUT2D eigenvalue weighted by Crippen LogP contribution is -2.55. The van der Waals surface area contributed by atoms with E-state index in [1.54, 1.807) is 38.4 Å². The molecule has 2 rings (SSSR count). The van der Waals surface area contributed by atoms with Crippen LogP contribution in [0.3, 0.4) is 0 Å². The van der Waals surface area contributed by atoms with E-state index in [0.717, 1.165) is 18.7 Å². The number of aryl methyl sites for hydroxylation is 1. The van der Waals surface area contributed by atoms with Gasteiger partial charge in [0.1, 0.15) is 5.60 Å². The molecule has 1 aliphatic heterocycles. The summed E-state index contributed by atoms with van der Waals surface area (Å²) >= 11 is 0. The van der Waals surface area contributed by atoms with E-state index in [-0.39, 0.29) is 23.9 Å². The predicted octanol–water partition coefficient (Wildman–Crippen LogP) is 0.500. The summed E-state index contributed by atoms with van der Waals surface area (Å²) in [5.41, 5.74) is 0.187. The van der Waals surface area contributed by atoms with Gasteiger partial charge in [-0.05, 0) is 45.0 Å². The highest BCUT2D eigenvalue weighted by Crippen LogP contribution is 2.24. The molecule has 140 valence electrons. The molecule has 25 heavy (non-hydrogen) atoms. The summed E-state index contributed by atoms with van der Waals surface area (Å²) in [6, 6.07) is 6.65. The van der Waals surface area contributed by atoms with E-state index in [1.165, 1.54) is 4.90 Å². The van der Waals surface area contributed by atoms with Gasteiger partial charge in [0.2, 0.25) is 10.0 Å². The minimum atomic E-state index is -3.57. The highest BCUT2D eigenvalue weighted by molar-refractivity contribution is 7.89. The molecule has 7 nitrogen and oxygen atoms in total. The molecule has 1 saturated heterocycles. The lowest BCUT2D eigenvalue weighted by atomic mass is 9.90. The maximum atomic E-state index is 12.7. The number of amides is 1. The Balaban J connectivity index is 1.92. The van der Waals surface area contributed by atoms with Crippen LogP contribution in [0.5, 0.6) is 0 Å². The number of nitrogens with one attached hydrogen (secondary N) is 2. The maximum Gasteiger partial charge on any atom is 0.254 e. The summed E-state index contributed by atoms with van der Waals surface area (Å²) in [7, 11) is -0.349. The van der Waals surface area contributed by atoms with E-state index in [4.69, 9.17) is 4.74 Å². The third kappa shape index (κ3) is 4.78. The first-order chi connectivity index (χ1) is 11.8. The summed E-state index contributed by atoms with van der Waals surface area (Å²) < 4.78 is 32.6. The van der Waals surface area contributed by atoms with Gasteiger partial charge in [0.05, 0.1) is 4.90 Å². The number of carbonyl (C=O) groups is 1. The molecule has 0 aliphatic carbocycles. The lowest BCUT2D eigenvalue weighted by molar-refractivity contribution is -0.156. The van der Waals surface area contributed by atoms with Crippen LogP contribution >= 0.6 is 0 Å². The Morgan fingerprint density at radius 3 is 2.44 bits per heavy atom. The van der Waals surface area contributed by atoms with Crippen LogP contribution in [-0.4, -0.2) is 65.2 Å². The Morgan fingerprint density at radius 2 is 1.88 bits per heavy atom. The van der Waals surface area contributed by atoms with Crippen molar-refractivity contribution in [1.82, 2.24) is 14.9 Å². The Hall–Kier alpha value is -1.48. The Morgan fingerprint density at radius 1 is 1.28 bits per heavy atom. The van der Waals surface area contributed by atoms with Crippen LogP contribution in [0.1, 0.15) is 18.4 Å². The van der Waals surface area contributed by atoms with Gasteiger partial charge in [0.25, 0.3) is 5.91 Å². The van der Waals surface area contributed by atoms with Crippen LogP contribution in [0.4, 0.5) is 0 Å². The number of rotatable bonds is 7. The van der Waals surface area contributed by atoms with Crippen molar-refractivity contribution in [3.8, 4) is 0 Å².